The molecule has 0 aliphatic carbocycles. The molecule has 1 aliphatic heterocycles. The summed E-state index contributed by atoms with van der Waals surface area (Å²) in [5.74, 6) is 0.265. The largest absolute Gasteiger partial charge is 0.491 e. The highest BCUT2D eigenvalue weighted by Crippen LogP contribution is 2.37. The van der Waals surface area contributed by atoms with Gasteiger partial charge in [-0.15, -0.1) is 0 Å². The van der Waals surface area contributed by atoms with Gasteiger partial charge in [0.15, 0.2) is 4.80 Å². The van der Waals surface area contributed by atoms with Crippen molar-refractivity contribution in [1.82, 2.24) is 4.57 Å². The van der Waals surface area contributed by atoms with Gasteiger partial charge in [0.1, 0.15) is 30.0 Å². The van der Waals surface area contributed by atoms with Gasteiger partial charge in [-0.2, -0.15) is 0 Å². The van der Waals surface area contributed by atoms with Crippen LogP contribution in [0.25, 0.3) is 6.08 Å². The minimum absolute atomic E-state index is 0.122. The Balaban J connectivity index is 1.58. The molecular weight excluding hydrogens is 703 g/mol. The SMILES string of the molecule is COC(=O)C1=C(C)N=c2s/c(=C/c3cc(Br)c(OCc4ccc(F)cc4)c(Br)c3)c(=O)n2C1c1ccccc1OC(C)C. The van der Waals surface area contributed by atoms with Gasteiger partial charge in [0, 0.05) is 5.56 Å². The number of nitrogens with zero attached hydrogens (tertiary/aromatic N) is 2. The van der Waals surface area contributed by atoms with Crippen molar-refractivity contribution in [2.24, 2.45) is 4.99 Å². The number of fused-ring (bicyclic) bond motifs is 1. The number of thiazole rings is 1. The van der Waals surface area contributed by atoms with E-state index in [0.29, 0.717) is 41.0 Å². The third-order valence-corrected chi connectivity index (χ3v) is 8.78. The predicted molar refractivity (Wildman–Crippen MR) is 171 cm³/mol. The number of carbonyl (C=O) groups excluding carboxylic acids is 1. The zero-order chi connectivity index (χ0) is 30.8. The number of para-hydroxylation sites is 1. The number of benzene rings is 3. The van der Waals surface area contributed by atoms with Crippen molar-refractivity contribution in [3.05, 3.63) is 123 Å². The van der Waals surface area contributed by atoms with Crippen molar-refractivity contribution < 1.29 is 23.4 Å². The maximum Gasteiger partial charge on any atom is 0.338 e. The number of rotatable bonds is 8. The van der Waals surface area contributed by atoms with Crippen LogP contribution in [0.4, 0.5) is 4.39 Å². The lowest BCUT2D eigenvalue weighted by molar-refractivity contribution is -0.136. The number of hydrogen-bond donors (Lipinski definition) is 0. The molecule has 222 valence electrons. The van der Waals surface area contributed by atoms with Crippen LogP contribution < -0.4 is 24.4 Å². The number of carbonyl (C=O) groups is 1. The van der Waals surface area contributed by atoms with E-state index >= 15 is 0 Å². The number of aromatic nitrogens is 1. The molecule has 2 heterocycles. The van der Waals surface area contributed by atoms with E-state index in [1.165, 1.54) is 35.1 Å². The highest BCUT2D eigenvalue weighted by molar-refractivity contribution is 9.11. The number of ether oxygens (including phenoxy) is 3. The van der Waals surface area contributed by atoms with Gasteiger partial charge in [0.05, 0.1) is 38.0 Å². The Kier molecular flexibility index (Phi) is 9.33. The average molecular weight is 730 g/mol. The number of esters is 1. The molecule has 7 nitrogen and oxygen atoms in total. The summed E-state index contributed by atoms with van der Waals surface area (Å²) in [7, 11) is 1.31. The lowest BCUT2D eigenvalue weighted by Gasteiger charge is -2.26. The zero-order valence-corrected chi connectivity index (χ0v) is 27.7. The molecule has 1 aromatic heterocycles. The number of hydrogen-bond acceptors (Lipinski definition) is 7. The van der Waals surface area contributed by atoms with Gasteiger partial charge in [-0.3, -0.25) is 9.36 Å². The molecule has 1 unspecified atom stereocenters. The summed E-state index contributed by atoms with van der Waals surface area (Å²) in [6.07, 6.45) is 1.65. The summed E-state index contributed by atoms with van der Waals surface area (Å²) in [6, 6.07) is 16.4. The molecule has 1 atom stereocenters. The summed E-state index contributed by atoms with van der Waals surface area (Å²) in [6.45, 7) is 5.82. The lowest BCUT2D eigenvalue weighted by Crippen LogP contribution is -2.40. The van der Waals surface area contributed by atoms with Crippen molar-refractivity contribution in [3.8, 4) is 11.5 Å². The van der Waals surface area contributed by atoms with Gasteiger partial charge in [-0.1, -0.05) is 41.7 Å². The second-order valence-electron chi connectivity index (χ2n) is 10.0. The minimum Gasteiger partial charge on any atom is -0.491 e. The van der Waals surface area contributed by atoms with Crippen LogP contribution in [0, 0.1) is 5.82 Å². The molecule has 3 aromatic carbocycles. The van der Waals surface area contributed by atoms with Crippen LogP contribution in [-0.4, -0.2) is 23.8 Å². The Hall–Kier alpha value is -3.54. The van der Waals surface area contributed by atoms with E-state index in [0.717, 1.165) is 11.1 Å². The summed E-state index contributed by atoms with van der Waals surface area (Å²) in [4.78, 5) is 32.1. The van der Waals surface area contributed by atoms with Crippen LogP contribution in [0.1, 0.15) is 43.5 Å². The van der Waals surface area contributed by atoms with Crippen LogP contribution in [0.2, 0.25) is 0 Å². The zero-order valence-electron chi connectivity index (χ0n) is 23.7. The minimum atomic E-state index is -0.790. The Labute approximate surface area is 268 Å². The van der Waals surface area contributed by atoms with Crippen molar-refractivity contribution in [2.45, 2.75) is 39.5 Å². The Bertz CT molecular complexity index is 1890. The first-order valence-corrected chi connectivity index (χ1v) is 15.7. The van der Waals surface area contributed by atoms with Gasteiger partial charge in [0.2, 0.25) is 0 Å². The fourth-order valence-corrected chi connectivity index (χ4v) is 7.24. The molecule has 5 rings (SSSR count). The molecule has 0 fully saturated rings. The van der Waals surface area contributed by atoms with E-state index < -0.39 is 12.0 Å². The molecule has 0 amide bonds. The van der Waals surface area contributed by atoms with Crippen LogP contribution in [0.5, 0.6) is 11.5 Å². The molecule has 43 heavy (non-hydrogen) atoms. The number of halogens is 3. The highest BCUT2D eigenvalue weighted by atomic mass is 79.9. The average Bonchev–Trinajstić information content (AvgIpc) is 3.26. The first kappa shape index (κ1) is 30.9. The molecule has 11 heteroatoms. The van der Waals surface area contributed by atoms with E-state index in [-0.39, 0.29) is 29.7 Å². The first-order chi connectivity index (χ1) is 20.6. The normalized spacial score (nSPS) is 14.9. The maximum atomic E-state index is 14.0. The van der Waals surface area contributed by atoms with Gasteiger partial charge in [-0.25, -0.2) is 14.2 Å². The van der Waals surface area contributed by atoms with Crippen molar-refractivity contribution in [2.75, 3.05) is 7.11 Å². The molecule has 0 bridgehead atoms. The van der Waals surface area contributed by atoms with Crippen LogP contribution in [-0.2, 0) is 16.1 Å². The standard InChI is InChI=1S/C32H27Br2FN2O5S/c1-17(2)42-25-8-6-5-7-22(25)28-27(31(39)40-4)18(3)36-32-37(28)30(38)26(43-32)15-20-13-23(33)29(24(34)14-20)41-16-19-9-11-21(35)12-10-19/h5-15,17,28H,16H2,1-4H3/b26-15+. The molecule has 4 aromatic rings. The van der Waals surface area contributed by atoms with E-state index in [2.05, 4.69) is 36.9 Å². The van der Waals surface area contributed by atoms with Crippen LogP contribution >= 0.6 is 43.2 Å². The second-order valence-corrected chi connectivity index (χ2v) is 12.7. The van der Waals surface area contributed by atoms with Gasteiger partial charge < -0.3 is 14.2 Å². The highest BCUT2D eigenvalue weighted by Gasteiger charge is 2.35. The third kappa shape index (κ3) is 6.53. The fraction of sp³-hybridized carbons (Fsp3) is 0.219. The Morgan fingerprint density at radius 3 is 2.44 bits per heavy atom. The van der Waals surface area contributed by atoms with Crippen molar-refractivity contribution >= 4 is 55.2 Å². The second kappa shape index (κ2) is 13.0. The molecule has 0 N–H and O–H groups in total. The van der Waals surface area contributed by atoms with Crippen LogP contribution in [0.3, 0.4) is 0 Å². The number of methoxy groups -OCH3 is 1. The van der Waals surface area contributed by atoms with E-state index in [1.807, 2.05) is 50.2 Å². The lowest BCUT2D eigenvalue weighted by atomic mass is 9.95. The molecule has 0 spiro atoms. The quantitative estimate of drug-likeness (QED) is 0.195. The van der Waals surface area contributed by atoms with Crippen molar-refractivity contribution in [3.63, 3.8) is 0 Å². The Morgan fingerprint density at radius 2 is 1.79 bits per heavy atom. The molecule has 0 saturated carbocycles. The van der Waals surface area contributed by atoms with E-state index in [4.69, 9.17) is 14.2 Å². The first-order valence-electron chi connectivity index (χ1n) is 13.3. The molecule has 1 aliphatic rings. The summed E-state index contributed by atoms with van der Waals surface area (Å²) >= 11 is 8.38. The van der Waals surface area contributed by atoms with Gasteiger partial charge in [0.25, 0.3) is 5.56 Å². The monoisotopic (exact) mass is 728 g/mol. The maximum absolute atomic E-state index is 14.0. The number of allylic oxidation sites excluding steroid dienone is 1. The van der Waals surface area contributed by atoms with Gasteiger partial charge >= 0.3 is 5.97 Å². The topological polar surface area (TPSA) is 79.1 Å². The molecule has 0 saturated heterocycles. The van der Waals surface area contributed by atoms with Crippen molar-refractivity contribution in [1.29, 1.82) is 0 Å². The summed E-state index contributed by atoms with van der Waals surface area (Å²) in [5, 5.41) is 0. The molecular formula is C32H27Br2FN2O5S. The molecule has 0 radical (unpaired) electrons. The fourth-order valence-electron chi connectivity index (χ4n) is 4.74. The third-order valence-electron chi connectivity index (χ3n) is 6.62. The summed E-state index contributed by atoms with van der Waals surface area (Å²) < 4.78 is 33.7. The van der Waals surface area contributed by atoms with Crippen LogP contribution in [0.15, 0.2) is 90.7 Å². The van der Waals surface area contributed by atoms with E-state index in [9.17, 15) is 14.0 Å². The Morgan fingerprint density at radius 1 is 1.12 bits per heavy atom. The predicted octanol–water partition coefficient (Wildman–Crippen LogP) is 6.44. The smallest absolute Gasteiger partial charge is 0.338 e. The van der Waals surface area contributed by atoms with Gasteiger partial charge in [-0.05, 0) is 100 Å². The summed E-state index contributed by atoms with van der Waals surface area (Å²) in [5.41, 5.74) is 2.66. The van der Waals surface area contributed by atoms with E-state index in [1.54, 1.807) is 25.1 Å².